The first-order valence-corrected chi connectivity index (χ1v) is 8.11. The second kappa shape index (κ2) is 5.42. The molecular formula is C16H18N4O2S. The van der Waals surface area contributed by atoms with Gasteiger partial charge < -0.3 is 4.90 Å². The summed E-state index contributed by atoms with van der Waals surface area (Å²) in [4.78, 5) is 36.2. The van der Waals surface area contributed by atoms with Gasteiger partial charge in [0.05, 0.1) is 11.8 Å². The van der Waals surface area contributed by atoms with Crippen LogP contribution < -0.4 is 5.56 Å². The fraction of sp³-hybridized carbons (Fsp3) is 0.375. The summed E-state index contributed by atoms with van der Waals surface area (Å²) < 4.78 is 1.93. The van der Waals surface area contributed by atoms with E-state index in [-0.39, 0.29) is 11.5 Å². The Bertz CT molecular complexity index is 987. The van der Waals surface area contributed by atoms with Crippen LogP contribution in [-0.2, 0) is 4.79 Å². The van der Waals surface area contributed by atoms with E-state index in [1.807, 2.05) is 19.9 Å². The first kappa shape index (κ1) is 15.6. The fourth-order valence-electron chi connectivity index (χ4n) is 2.75. The monoisotopic (exact) mass is 330 g/mol. The highest BCUT2D eigenvalue weighted by atomic mass is 32.1. The lowest BCUT2D eigenvalue weighted by Gasteiger charge is -2.18. The molecule has 1 atom stereocenters. The van der Waals surface area contributed by atoms with Crippen molar-refractivity contribution in [2.24, 2.45) is 0 Å². The van der Waals surface area contributed by atoms with Gasteiger partial charge in [0.1, 0.15) is 15.6 Å². The van der Waals surface area contributed by atoms with Crippen molar-refractivity contribution in [3.05, 3.63) is 34.0 Å². The van der Waals surface area contributed by atoms with Crippen molar-refractivity contribution in [3.8, 4) is 0 Å². The quantitative estimate of drug-likeness (QED) is 0.723. The van der Waals surface area contributed by atoms with Gasteiger partial charge in [-0.25, -0.2) is 9.97 Å². The maximum Gasteiger partial charge on any atom is 0.272 e. The molecule has 0 fully saturated rings. The molecule has 0 spiro atoms. The highest BCUT2D eigenvalue weighted by Crippen LogP contribution is 2.31. The number of nitrogens with zero attached hydrogens (tertiary/aromatic N) is 4. The molecule has 3 heterocycles. The zero-order valence-corrected chi connectivity index (χ0v) is 14.6. The summed E-state index contributed by atoms with van der Waals surface area (Å²) in [5.41, 5.74) is 2.44. The smallest absolute Gasteiger partial charge is 0.272 e. The zero-order valence-electron chi connectivity index (χ0n) is 13.7. The number of rotatable bonds is 2. The van der Waals surface area contributed by atoms with E-state index in [2.05, 4.69) is 9.97 Å². The van der Waals surface area contributed by atoms with Gasteiger partial charge in [-0.1, -0.05) is 0 Å². The average Bonchev–Trinajstić information content (AvgIpc) is 2.85. The van der Waals surface area contributed by atoms with E-state index in [0.29, 0.717) is 10.2 Å². The molecule has 120 valence electrons. The third kappa shape index (κ3) is 2.41. The number of hydrogen-bond donors (Lipinski definition) is 0. The van der Waals surface area contributed by atoms with E-state index < -0.39 is 6.04 Å². The summed E-state index contributed by atoms with van der Waals surface area (Å²) in [6, 6.07) is 1.40. The second-order valence-electron chi connectivity index (χ2n) is 5.91. The number of pyridine rings is 1. The summed E-state index contributed by atoms with van der Waals surface area (Å²) >= 11 is 1.34. The minimum atomic E-state index is -0.588. The number of likely N-dealkylation sites (N-methyl/N-ethyl adjacent to an activating group) is 1. The molecule has 0 radical (unpaired) electrons. The van der Waals surface area contributed by atoms with Gasteiger partial charge in [-0.2, -0.15) is 0 Å². The molecule has 1 amide bonds. The maximum absolute atomic E-state index is 12.8. The number of hydrogen-bond acceptors (Lipinski definition) is 5. The molecule has 3 aromatic rings. The Labute approximate surface area is 137 Å². The minimum Gasteiger partial charge on any atom is -0.347 e. The molecule has 0 saturated carbocycles. The third-order valence-electron chi connectivity index (χ3n) is 3.92. The molecular weight excluding hydrogens is 312 g/mol. The van der Waals surface area contributed by atoms with Crippen molar-refractivity contribution in [2.45, 2.75) is 26.8 Å². The van der Waals surface area contributed by atoms with Gasteiger partial charge in [-0.3, -0.25) is 14.2 Å². The van der Waals surface area contributed by atoms with Gasteiger partial charge in [0, 0.05) is 25.2 Å². The number of carbonyl (C=O) groups is 1. The molecule has 6 nitrogen and oxygen atoms in total. The number of aromatic nitrogens is 3. The van der Waals surface area contributed by atoms with Crippen molar-refractivity contribution in [2.75, 3.05) is 14.1 Å². The van der Waals surface area contributed by atoms with Crippen LogP contribution in [0.2, 0.25) is 0 Å². The number of carbonyl (C=O) groups excluding carboxylic acids is 1. The predicted octanol–water partition coefficient (Wildman–Crippen LogP) is 2.27. The van der Waals surface area contributed by atoms with Crippen LogP contribution in [0.25, 0.3) is 20.4 Å². The molecule has 23 heavy (non-hydrogen) atoms. The van der Waals surface area contributed by atoms with Crippen LogP contribution in [0.1, 0.15) is 24.2 Å². The van der Waals surface area contributed by atoms with Gasteiger partial charge >= 0.3 is 0 Å². The molecule has 7 heteroatoms. The first-order valence-electron chi connectivity index (χ1n) is 7.30. The van der Waals surface area contributed by atoms with E-state index in [1.165, 1.54) is 27.1 Å². The second-order valence-corrected chi connectivity index (χ2v) is 6.91. The molecule has 0 saturated heterocycles. The minimum absolute atomic E-state index is 0.139. The van der Waals surface area contributed by atoms with Crippen LogP contribution in [0.3, 0.4) is 0 Å². The third-order valence-corrected chi connectivity index (χ3v) is 4.98. The van der Waals surface area contributed by atoms with Gasteiger partial charge in [-0.15, -0.1) is 11.3 Å². The lowest BCUT2D eigenvalue weighted by atomic mass is 10.1. The van der Waals surface area contributed by atoms with Gasteiger partial charge in [0.25, 0.3) is 5.56 Å². The Morgan fingerprint density at radius 1 is 1.35 bits per heavy atom. The fourth-order valence-corrected chi connectivity index (χ4v) is 3.94. The van der Waals surface area contributed by atoms with E-state index in [9.17, 15) is 9.59 Å². The molecule has 3 rings (SSSR count). The predicted molar refractivity (Wildman–Crippen MR) is 92.1 cm³/mol. The summed E-state index contributed by atoms with van der Waals surface area (Å²) in [5.74, 6) is -0.139. The Hall–Kier alpha value is -2.28. The number of fused-ring (bicyclic) bond motifs is 3. The molecule has 1 unspecified atom stereocenters. The molecule has 0 N–H and O–H groups in total. The average molecular weight is 330 g/mol. The van der Waals surface area contributed by atoms with Gasteiger partial charge in [-0.05, 0) is 32.4 Å². The molecule has 0 bridgehead atoms. The van der Waals surface area contributed by atoms with Gasteiger partial charge in [0.2, 0.25) is 5.91 Å². The van der Waals surface area contributed by atoms with Crippen molar-refractivity contribution < 1.29 is 4.79 Å². The number of aryl methyl sites for hydroxylation is 2. The highest BCUT2D eigenvalue weighted by Gasteiger charge is 2.21. The van der Waals surface area contributed by atoms with Crippen LogP contribution in [-0.4, -0.2) is 39.4 Å². The van der Waals surface area contributed by atoms with Crippen LogP contribution in [0.5, 0.6) is 0 Å². The molecule has 3 aromatic heterocycles. The molecule has 0 aliphatic carbocycles. The number of amides is 1. The van der Waals surface area contributed by atoms with Crippen LogP contribution in [0.4, 0.5) is 0 Å². The SMILES string of the molecule is Cc1cc(C)c2c(n1)sc1c(=O)n(C(C)C(=O)N(C)C)cnc12. The topological polar surface area (TPSA) is 68.1 Å². The molecule has 0 aliphatic rings. The molecule has 0 aliphatic heterocycles. The standard InChI is InChI=1S/C16H18N4O2S/c1-8-6-9(2)18-14-11(8)12-13(23-14)16(22)20(7-17-12)10(3)15(21)19(4)5/h6-7,10H,1-5H3. The van der Waals surface area contributed by atoms with E-state index in [0.717, 1.165) is 21.5 Å². The zero-order chi connectivity index (χ0) is 16.9. The summed E-state index contributed by atoms with van der Waals surface area (Å²) in [7, 11) is 3.34. The summed E-state index contributed by atoms with van der Waals surface area (Å²) in [6.45, 7) is 5.63. The van der Waals surface area contributed by atoms with E-state index in [4.69, 9.17) is 0 Å². The summed E-state index contributed by atoms with van der Waals surface area (Å²) in [5, 5.41) is 0.923. The van der Waals surface area contributed by atoms with Crippen molar-refractivity contribution >= 4 is 37.7 Å². The Balaban J connectivity index is 2.28. The largest absolute Gasteiger partial charge is 0.347 e. The van der Waals surface area contributed by atoms with Crippen molar-refractivity contribution in [1.29, 1.82) is 0 Å². The van der Waals surface area contributed by atoms with E-state index in [1.54, 1.807) is 21.0 Å². The summed E-state index contributed by atoms with van der Waals surface area (Å²) in [6.07, 6.45) is 1.46. The van der Waals surface area contributed by atoms with Crippen molar-refractivity contribution in [3.63, 3.8) is 0 Å². The number of thiophene rings is 1. The lowest BCUT2D eigenvalue weighted by molar-refractivity contribution is -0.131. The van der Waals surface area contributed by atoms with Gasteiger partial charge in [0.15, 0.2) is 0 Å². The normalized spacial score (nSPS) is 12.7. The Morgan fingerprint density at radius 3 is 2.70 bits per heavy atom. The van der Waals surface area contributed by atoms with Crippen molar-refractivity contribution in [1.82, 2.24) is 19.4 Å². The van der Waals surface area contributed by atoms with Crippen LogP contribution in [0, 0.1) is 13.8 Å². The first-order chi connectivity index (χ1) is 10.8. The highest BCUT2D eigenvalue weighted by molar-refractivity contribution is 7.25. The molecule has 0 aromatic carbocycles. The lowest BCUT2D eigenvalue weighted by Crippen LogP contribution is -2.35. The van der Waals surface area contributed by atoms with Crippen LogP contribution in [0.15, 0.2) is 17.2 Å². The maximum atomic E-state index is 12.8. The van der Waals surface area contributed by atoms with Crippen LogP contribution >= 0.6 is 11.3 Å². The van der Waals surface area contributed by atoms with E-state index >= 15 is 0 Å². The Morgan fingerprint density at radius 2 is 2.04 bits per heavy atom. The Kier molecular flexibility index (Phi) is 3.68.